The fourth-order valence-electron chi connectivity index (χ4n) is 1.35. The number of amides is 2. The Morgan fingerprint density at radius 1 is 0.625 bits per heavy atom. The molecule has 0 aromatic rings. The fraction of sp³-hybridized carbons (Fsp3) is 0.800. The Bertz CT molecular complexity index is 227. The van der Waals surface area contributed by atoms with E-state index in [2.05, 4.69) is 10.4 Å². The van der Waals surface area contributed by atoms with Crippen LogP contribution in [-0.4, -0.2) is 11.8 Å². The number of nitrogens with zero attached hydrogens (tertiary/aromatic N) is 2. The van der Waals surface area contributed by atoms with Gasteiger partial charge in [-0.25, -0.2) is 0 Å². The quantitative estimate of drug-likeness (QED) is 0.448. The highest BCUT2D eigenvalue weighted by atomic mass is 16.3. The molecule has 2 amide bonds. The van der Waals surface area contributed by atoms with E-state index in [0.29, 0.717) is 12.8 Å². The van der Waals surface area contributed by atoms with Crippen LogP contribution in [0.1, 0.15) is 51.4 Å². The second-order valence-corrected chi connectivity index (χ2v) is 3.59. The Balaban J connectivity index is 3.15. The van der Waals surface area contributed by atoms with E-state index in [1.165, 1.54) is 0 Å². The molecule has 0 aliphatic heterocycles. The van der Waals surface area contributed by atoms with E-state index < -0.39 is 11.8 Å². The van der Waals surface area contributed by atoms with Crippen molar-refractivity contribution in [3.8, 4) is 0 Å². The third kappa shape index (κ3) is 9.11. The number of carbonyl (C=O) groups is 2. The highest BCUT2D eigenvalue weighted by Crippen LogP contribution is 2.09. The van der Waals surface area contributed by atoms with Gasteiger partial charge >= 0.3 is 0 Å². The molecule has 0 radical (unpaired) electrons. The van der Waals surface area contributed by atoms with Crippen LogP contribution in [0.4, 0.5) is 0 Å². The lowest BCUT2D eigenvalue weighted by Gasteiger charge is -1.98. The topological polar surface area (TPSA) is 93.0 Å². The van der Waals surface area contributed by atoms with Gasteiger partial charge in [-0.15, -0.1) is 9.81 Å². The first-order valence-electron chi connectivity index (χ1n) is 5.43. The lowest BCUT2D eigenvalue weighted by molar-refractivity contribution is -0.118. The Hall–Kier alpha value is -1.46. The third-order valence-corrected chi connectivity index (χ3v) is 2.23. The smallest absolute Gasteiger partial charge is 0.269 e. The molecule has 6 nitrogen and oxygen atoms in total. The molecular weight excluding hydrogens is 212 g/mol. The van der Waals surface area contributed by atoms with Crippen LogP contribution in [0.3, 0.4) is 0 Å². The highest BCUT2D eigenvalue weighted by molar-refractivity contribution is 5.76. The summed E-state index contributed by atoms with van der Waals surface area (Å²) in [5, 5.41) is 4.60. The van der Waals surface area contributed by atoms with Crippen LogP contribution >= 0.6 is 0 Å². The maximum Gasteiger partial charge on any atom is 0.286 e. The number of carbonyl (C=O) groups excluding carboxylic acids is 2. The molecule has 0 fully saturated rings. The summed E-state index contributed by atoms with van der Waals surface area (Å²) in [5.41, 5.74) is 0. The minimum absolute atomic E-state index is 0.219. The van der Waals surface area contributed by atoms with Gasteiger partial charge in [0.2, 0.25) is 0 Å². The fourth-order valence-corrected chi connectivity index (χ4v) is 1.35. The first-order valence-corrected chi connectivity index (χ1v) is 5.43. The third-order valence-electron chi connectivity index (χ3n) is 2.23. The largest absolute Gasteiger partial charge is 0.286 e. The molecule has 0 atom stereocenters. The van der Waals surface area contributed by atoms with Gasteiger partial charge in [0.25, 0.3) is 11.8 Å². The Morgan fingerprint density at radius 3 is 1.25 bits per heavy atom. The molecule has 0 unspecified atom stereocenters. The average molecular weight is 228 g/mol. The highest BCUT2D eigenvalue weighted by Gasteiger charge is 2.01. The molecule has 0 aromatic carbocycles. The maximum atomic E-state index is 10.5. The number of nitroso groups, excluding NO2 is 2. The van der Waals surface area contributed by atoms with Crippen molar-refractivity contribution in [1.29, 1.82) is 0 Å². The zero-order valence-corrected chi connectivity index (χ0v) is 9.18. The molecule has 0 aromatic heterocycles. The van der Waals surface area contributed by atoms with Crippen molar-refractivity contribution in [3.05, 3.63) is 9.81 Å². The monoisotopic (exact) mass is 228 g/mol. The van der Waals surface area contributed by atoms with Gasteiger partial charge in [0.15, 0.2) is 0 Å². The summed E-state index contributed by atoms with van der Waals surface area (Å²) in [6.45, 7) is 0. The van der Waals surface area contributed by atoms with Gasteiger partial charge in [-0.2, -0.15) is 0 Å². The molecule has 0 aliphatic rings. The molecule has 0 rings (SSSR count). The summed E-state index contributed by atoms with van der Waals surface area (Å²) >= 11 is 0. The molecule has 16 heavy (non-hydrogen) atoms. The van der Waals surface area contributed by atoms with Crippen molar-refractivity contribution < 1.29 is 9.59 Å². The van der Waals surface area contributed by atoms with E-state index in [1.807, 2.05) is 0 Å². The first kappa shape index (κ1) is 14.5. The second kappa shape index (κ2) is 10.1. The van der Waals surface area contributed by atoms with Crippen LogP contribution in [0.2, 0.25) is 0 Å². The minimum atomic E-state index is -0.595. The summed E-state index contributed by atoms with van der Waals surface area (Å²) in [7, 11) is 0. The van der Waals surface area contributed by atoms with Gasteiger partial charge in [0.1, 0.15) is 0 Å². The maximum absolute atomic E-state index is 10.5. The SMILES string of the molecule is O=NC(=O)CCCCCCCCC(=O)N=O. The van der Waals surface area contributed by atoms with Crippen LogP contribution in [0.25, 0.3) is 0 Å². The molecule has 0 aliphatic carbocycles. The van der Waals surface area contributed by atoms with Crippen molar-refractivity contribution >= 4 is 11.8 Å². The van der Waals surface area contributed by atoms with Crippen LogP contribution in [0.5, 0.6) is 0 Å². The Morgan fingerprint density at radius 2 is 0.938 bits per heavy atom. The Kier molecular flexibility index (Phi) is 9.15. The zero-order valence-electron chi connectivity index (χ0n) is 9.18. The second-order valence-electron chi connectivity index (χ2n) is 3.59. The molecule has 90 valence electrons. The lowest BCUT2D eigenvalue weighted by atomic mass is 10.1. The molecule has 0 saturated carbocycles. The zero-order chi connectivity index (χ0) is 12.2. The molecule has 0 saturated heterocycles. The van der Waals surface area contributed by atoms with Crippen LogP contribution in [0, 0.1) is 9.81 Å². The standard InChI is InChI=1S/C10H16N2O4/c13-9(11-15)7-5-3-1-2-4-6-8-10(14)12-16/h1-8H2. The van der Waals surface area contributed by atoms with Crippen molar-refractivity contribution in [3.63, 3.8) is 0 Å². The minimum Gasteiger partial charge on any atom is -0.269 e. The molecule has 0 spiro atoms. The van der Waals surface area contributed by atoms with Crippen LogP contribution in [0.15, 0.2) is 10.4 Å². The molecule has 0 bridgehead atoms. The number of hydrogen-bond acceptors (Lipinski definition) is 4. The molecular formula is C10H16N2O4. The van der Waals surface area contributed by atoms with Crippen LogP contribution < -0.4 is 0 Å². The predicted octanol–water partition coefficient (Wildman–Crippen LogP) is 2.69. The summed E-state index contributed by atoms with van der Waals surface area (Å²) in [4.78, 5) is 40.5. The van der Waals surface area contributed by atoms with E-state index in [9.17, 15) is 19.4 Å². The average Bonchev–Trinajstić information content (AvgIpc) is 2.31. The van der Waals surface area contributed by atoms with E-state index in [0.717, 1.165) is 25.7 Å². The van der Waals surface area contributed by atoms with Crippen LogP contribution in [-0.2, 0) is 9.59 Å². The van der Waals surface area contributed by atoms with E-state index in [1.54, 1.807) is 0 Å². The van der Waals surface area contributed by atoms with Gasteiger partial charge in [-0.1, -0.05) is 25.7 Å². The van der Waals surface area contributed by atoms with Gasteiger partial charge in [0, 0.05) is 23.2 Å². The molecule has 0 N–H and O–H groups in total. The van der Waals surface area contributed by atoms with E-state index >= 15 is 0 Å². The van der Waals surface area contributed by atoms with Gasteiger partial charge in [-0.05, 0) is 12.8 Å². The summed E-state index contributed by atoms with van der Waals surface area (Å²) < 4.78 is 0. The van der Waals surface area contributed by atoms with Crippen molar-refractivity contribution in [2.75, 3.05) is 0 Å². The number of unbranched alkanes of at least 4 members (excludes halogenated alkanes) is 5. The van der Waals surface area contributed by atoms with Gasteiger partial charge in [0.05, 0.1) is 0 Å². The number of hydrogen-bond donors (Lipinski definition) is 0. The van der Waals surface area contributed by atoms with Crippen molar-refractivity contribution in [2.45, 2.75) is 51.4 Å². The summed E-state index contributed by atoms with van der Waals surface area (Å²) in [6, 6.07) is 0. The predicted molar refractivity (Wildman–Crippen MR) is 58.5 cm³/mol. The van der Waals surface area contributed by atoms with Gasteiger partial charge in [-0.3, -0.25) is 9.59 Å². The normalized spacial score (nSPS) is 9.75. The molecule has 0 heterocycles. The number of rotatable bonds is 9. The lowest BCUT2D eigenvalue weighted by Crippen LogP contribution is -1.92. The van der Waals surface area contributed by atoms with Crippen molar-refractivity contribution in [2.24, 2.45) is 10.4 Å². The molecule has 6 heteroatoms. The van der Waals surface area contributed by atoms with E-state index in [-0.39, 0.29) is 12.8 Å². The van der Waals surface area contributed by atoms with E-state index in [4.69, 9.17) is 0 Å². The summed E-state index contributed by atoms with van der Waals surface area (Å²) in [5.74, 6) is -1.19. The Labute approximate surface area is 93.7 Å². The summed E-state index contributed by atoms with van der Waals surface area (Å²) in [6.07, 6.45) is 5.46. The van der Waals surface area contributed by atoms with Crippen molar-refractivity contribution in [1.82, 2.24) is 0 Å². The van der Waals surface area contributed by atoms with Gasteiger partial charge < -0.3 is 0 Å². The first-order chi connectivity index (χ1) is 7.70.